The molecule has 4 nitrogen and oxygen atoms in total. The van der Waals surface area contributed by atoms with E-state index in [1.54, 1.807) is 7.11 Å². The number of hydrogen-bond donors (Lipinski definition) is 1. The number of ether oxygens (including phenoxy) is 1. The van der Waals surface area contributed by atoms with Crippen LogP contribution in [0.25, 0.3) is 0 Å². The molecule has 1 heterocycles. The maximum atomic E-state index is 12.0. The van der Waals surface area contributed by atoms with Crippen molar-refractivity contribution in [3.8, 4) is 0 Å². The Morgan fingerprint density at radius 1 is 1.40 bits per heavy atom. The number of nitrogens with two attached hydrogens (primary N) is 1. The molecule has 0 radical (unpaired) electrons. The molecular weight excluding hydrogens is 252 g/mol. The Hall–Kier alpha value is -1.39. The highest BCUT2D eigenvalue weighted by Gasteiger charge is 2.33. The van der Waals surface area contributed by atoms with Crippen LogP contribution in [0.2, 0.25) is 0 Å². The maximum absolute atomic E-state index is 12.0. The first-order valence-electron chi connectivity index (χ1n) is 7.20. The normalized spacial score (nSPS) is 20.4. The van der Waals surface area contributed by atoms with E-state index in [9.17, 15) is 4.79 Å². The summed E-state index contributed by atoms with van der Waals surface area (Å²) < 4.78 is 5.03. The first-order valence-corrected chi connectivity index (χ1v) is 7.20. The minimum absolute atomic E-state index is 0.0630. The number of nitrogens with zero attached hydrogens (tertiary/aromatic N) is 1. The summed E-state index contributed by atoms with van der Waals surface area (Å²) in [6.45, 7) is 4.28. The molecular formula is C16H24N2O2. The van der Waals surface area contributed by atoms with Crippen LogP contribution in [0.3, 0.4) is 0 Å². The van der Waals surface area contributed by atoms with Gasteiger partial charge in [-0.15, -0.1) is 0 Å². The zero-order valence-corrected chi connectivity index (χ0v) is 12.3. The van der Waals surface area contributed by atoms with Crippen molar-refractivity contribution in [1.82, 2.24) is 4.90 Å². The van der Waals surface area contributed by atoms with E-state index >= 15 is 0 Å². The molecule has 0 aromatic heterocycles. The predicted octanol–water partition coefficient (Wildman–Crippen LogP) is 1.88. The fraction of sp³-hybridized carbons (Fsp3) is 0.562. The van der Waals surface area contributed by atoms with E-state index in [1.165, 1.54) is 5.56 Å². The minimum atomic E-state index is -0.0630. The van der Waals surface area contributed by atoms with Gasteiger partial charge in [0.25, 0.3) is 0 Å². The topological polar surface area (TPSA) is 55.6 Å². The van der Waals surface area contributed by atoms with Gasteiger partial charge in [0.2, 0.25) is 5.91 Å². The van der Waals surface area contributed by atoms with E-state index in [0.717, 1.165) is 25.1 Å². The van der Waals surface area contributed by atoms with E-state index < -0.39 is 0 Å². The van der Waals surface area contributed by atoms with Gasteiger partial charge in [0.15, 0.2) is 0 Å². The Morgan fingerprint density at radius 3 is 2.75 bits per heavy atom. The van der Waals surface area contributed by atoms with Crippen LogP contribution in [0.5, 0.6) is 0 Å². The molecule has 1 amide bonds. The van der Waals surface area contributed by atoms with Crippen LogP contribution < -0.4 is 5.73 Å². The van der Waals surface area contributed by atoms with Gasteiger partial charge >= 0.3 is 0 Å². The van der Waals surface area contributed by atoms with Gasteiger partial charge in [-0.25, -0.2) is 0 Å². The molecule has 0 bridgehead atoms. The number of carbonyl (C=O) groups is 1. The van der Waals surface area contributed by atoms with Crippen molar-refractivity contribution < 1.29 is 9.53 Å². The Bertz CT molecular complexity index is 444. The lowest BCUT2D eigenvalue weighted by Crippen LogP contribution is -2.29. The van der Waals surface area contributed by atoms with Crippen molar-refractivity contribution in [2.24, 2.45) is 11.7 Å². The van der Waals surface area contributed by atoms with Crippen molar-refractivity contribution >= 4 is 5.91 Å². The number of rotatable bonds is 6. The standard InChI is InChI=1S/C16H24N2O2/c1-12-4-6-13(7-5-12)16(17)14-10-15(19)18(11-14)8-3-9-20-2/h4-7,14,16H,3,8-11,17H2,1-2H3. The second-order valence-electron chi connectivity index (χ2n) is 5.59. The molecule has 2 rings (SSSR count). The second kappa shape index (κ2) is 6.86. The van der Waals surface area contributed by atoms with Crippen LogP contribution in [0.4, 0.5) is 0 Å². The van der Waals surface area contributed by atoms with Crippen molar-refractivity contribution in [3.05, 3.63) is 35.4 Å². The van der Waals surface area contributed by atoms with Crippen molar-refractivity contribution in [3.63, 3.8) is 0 Å². The predicted molar refractivity (Wildman–Crippen MR) is 79.3 cm³/mol. The average Bonchev–Trinajstić information content (AvgIpc) is 2.81. The molecule has 1 saturated heterocycles. The maximum Gasteiger partial charge on any atom is 0.222 e. The SMILES string of the molecule is COCCCN1CC(C(N)c2ccc(C)cc2)CC1=O. The molecule has 1 fully saturated rings. The van der Waals surface area contributed by atoms with Crippen LogP contribution in [-0.2, 0) is 9.53 Å². The summed E-state index contributed by atoms with van der Waals surface area (Å²) in [4.78, 5) is 13.9. The molecule has 1 aliphatic rings. The minimum Gasteiger partial charge on any atom is -0.385 e. The van der Waals surface area contributed by atoms with Gasteiger partial charge < -0.3 is 15.4 Å². The molecule has 20 heavy (non-hydrogen) atoms. The molecule has 1 aromatic carbocycles. The monoisotopic (exact) mass is 276 g/mol. The van der Waals surface area contributed by atoms with E-state index in [2.05, 4.69) is 31.2 Å². The summed E-state index contributed by atoms with van der Waals surface area (Å²) in [5.41, 5.74) is 8.67. The number of amides is 1. The Labute approximate surface area is 120 Å². The van der Waals surface area contributed by atoms with Crippen molar-refractivity contribution in [1.29, 1.82) is 0 Å². The van der Waals surface area contributed by atoms with Crippen LogP contribution >= 0.6 is 0 Å². The molecule has 110 valence electrons. The van der Waals surface area contributed by atoms with Gasteiger partial charge in [-0.1, -0.05) is 29.8 Å². The molecule has 2 unspecified atom stereocenters. The molecule has 1 aliphatic heterocycles. The Kier molecular flexibility index (Phi) is 5.15. The van der Waals surface area contributed by atoms with Crippen LogP contribution in [0, 0.1) is 12.8 Å². The molecule has 2 atom stereocenters. The summed E-state index contributed by atoms with van der Waals surface area (Å²) >= 11 is 0. The van der Waals surface area contributed by atoms with Gasteiger partial charge in [-0.2, -0.15) is 0 Å². The van der Waals surface area contributed by atoms with E-state index in [0.29, 0.717) is 13.0 Å². The number of aryl methyl sites for hydroxylation is 1. The first-order chi connectivity index (χ1) is 9.61. The third kappa shape index (κ3) is 3.58. The van der Waals surface area contributed by atoms with Crippen molar-refractivity contribution in [2.45, 2.75) is 25.8 Å². The molecule has 2 N–H and O–H groups in total. The zero-order valence-electron chi connectivity index (χ0n) is 12.3. The largest absolute Gasteiger partial charge is 0.385 e. The van der Waals surface area contributed by atoms with Crippen molar-refractivity contribution in [2.75, 3.05) is 26.8 Å². The van der Waals surface area contributed by atoms with Gasteiger partial charge in [0.1, 0.15) is 0 Å². The third-order valence-electron chi connectivity index (χ3n) is 3.99. The lowest BCUT2D eigenvalue weighted by atomic mass is 9.92. The zero-order chi connectivity index (χ0) is 14.5. The Balaban J connectivity index is 1.93. The summed E-state index contributed by atoms with van der Waals surface area (Å²) in [5.74, 6) is 0.432. The highest BCUT2D eigenvalue weighted by molar-refractivity contribution is 5.78. The molecule has 0 aliphatic carbocycles. The molecule has 1 aromatic rings. The average molecular weight is 276 g/mol. The van der Waals surface area contributed by atoms with Gasteiger partial charge in [0.05, 0.1) is 0 Å². The van der Waals surface area contributed by atoms with Crippen LogP contribution in [-0.4, -0.2) is 37.6 Å². The van der Waals surface area contributed by atoms with E-state index in [4.69, 9.17) is 10.5 Å². The molecule has 4 heteroatoms. The van der Waals surface area contributed by atoms with E-state index in [1.807, 2.05) is 4.90 Å². The fourth-order valence-electron chi connectivity index (χ4n) is 2.72. The summed E-state index contributed by atoms with van der Waals surface area (Å²) in [6, 6.07) is 8.22. The fourth-order valence-corrected chi connectivity index (χ4v) is 2.72. The summed E-state index contributed by atoms with van der Waals surface area (Å²) in [6.07, 6.45) is 1.44. The van der Waals surface area contributed by atoms with Gasteiger partial charge in [-0.3, -0.25) is 4.79 Å². The quantitative estimate of drug-likeness (QED) is 0.807. The third-order valence-corrected chi connectivity index (χ3v) is 3.99. The number of methoxy groups -OCH3 is 1. The summed E-state index contributed by atoms with van der Waals surface area (Å²) in [5, 5.41) is 0. The first kappa shape index (κ1) is 15.0. The number of hydrogen-bond acceptors (Lipinski definition) is 3. The number of carbonyl (C=O) groups excluding carboxylic acids is 1. The highest BCUT2D eigenvalue weighted by Crippen LogP contribution is 2.29. The number of benzene rings is 1. The van der Waals surface area contributed by atoms with Gasteiger partial charge in [0, 0.05) is 45.2 Å². The summed E-state index contributed by atoms with van der Waals surface area (Å²) in [7, 11) is 1.68. The number of likely N-dealkylation sites (tertiary alicyclic amines) is 1. The smallest absolute Gasteiger partial charge is 0.222 e. The van der Waals surface area contributed by atoms with Crippen LogP contribution in [0.15, 0.2) is 24.3 Å². The van der Waals surface area contributed by atoms with Crippen LogP contribution in [0.1, 0.15) is 30.0 Å². The Morgan fingerprint density at radius 2 is 2.10 bits per heavy atom. The lowest BCUT2D eigenvalue weighted by Gasteiger charge is -2.20. The second-order valence-corrected chi connectivity index (χ2v) is 5.59. The van der Waals surface area contributed by atoms with Gasteiger partial charge in [-0.05, 0) is 18.9 Å². The lowest BCUT2D eigenvalue weighted by molar-refractivity contribution is -0.127. The van der Waals surface area contributed by atoms with E-state index in [-0.39, 0.29) is 17.9 Å². The highest BCUT2D eigenvalue weighted by atomic mass is 16.5. The molecule has 0 saturated carbocycles. The molecule has 0 spiro atoms.